The van der Waals surface area contributed by atoms with E-state index in [0.29, 0.717) is 48.8 Å². The number of nitrogens with two attached hydrogens (primary N) is 1. The van der Waals surface area contributed by atoms with Gasteiger partial charge in [0.15, 0.2) is 0 Å². The number of hydrogen-bond acceptors (Lipinski definition) is 6. The summed E-state index contributed by atoms with van der Waals surface area (Å²) in [5.74, 6) is -0.441. The van der Waals surface area contributed by atoms with Gasteiger partial charge < -0.3 is 20.7 Å². The molecule has 190 valence electrons. The summed E-state index contributed by atoms with van der Waals surface area (Å²) < 4.78 is 45.8. The number of carbonyl (C=O) groups is 1. The predicted octanol–water partition coefficient (Wildman–Crippen LogP) is 5.30. The van der Waals surface area contributed by atoms with Gasteiger partial charge in [0, 0.05) is 29.6 Å². The molecule has 1 aliphatic heterocycles. The second-order valence-corrected chi connectivity index (χ2v) is 8.76. The Bertz CT molecular complexity index is 1480. The monoisotopic (exact) mass is 507 g/mol. The summed E-state index contributed by atoms with van der Waals surface area (Å²) in [6.45, 7) is 3.79. The number of halogens is 3. The molecule has 3 aromatic carbocycles. The Balaban J connectivity index is 1.53. The normalized spacial score (nSPS) is 14.1. The highest BCUT2D eigenvalue weighted by Crippen LogP contribution is 2.36. The molecule has 0 aliphatic carbocycles. The van der Waals surface area contributed by atoms with Gasteiger partial charge in [0.1, 0.15) is 0 Å². The Kier molecular flexibility index (Phi) is 6.43. The van der Waals surface area contributed by atoms with E-state index in [9.17, 15) is 18.0 Å². The van der Waals surface area contributed by atoms with E-state index in [1.165, 1.54) is 6.07 Å². The standard InChI is InChI=1S/C27H24F3N5O2/c1-16-6-7-17(14-20(16)24-19-4-2-3-5-21(19)33-26(31)34-24)25(36)32-22-15-18(27(28,29)30)8-9-23(22)35-10-12-37-13-11-35/h2-9,14-15H,10-13H2,1H3,(H,32,36)(H2,31,33,34). The lowest BCUT2D eigenvalue weighted by atomic mass is 9.98. The van der Waals surface area contributed by atoms with Crippen LogP contribution in [0, 0.1) is 6.92 Å². The van der Waals surface area contributed by atoms with Crippen molar-refractivity contribution in [2.75, 3.05) is 42.3 Å². The molecule has 10 heteroatoms. The van der Waals surface area contributed by atoms with Crippen molar-refractivity contribution < 1.29 is 22.7 Å². The molecule has 3 N–H and O–H groups in total. The number of alkyl halides is 3. The van der Waals surface area contributed by atoms with Crippen LogP contribution in [0.4, 0.5) is 30.5 Å². The summed E-state index contributed by atoms with van der Waals surface area (Å²) in [6, 6.07) is 15.8. The number of carbonyl (C=O) groups excluding carboxylic acids is 1. The number of nitrogens with zero attached hydrogens (tertiary/aromatic N) is 3. The molecule has 1 aromatic heterocycles. The summed E-state index contributed by atoms with van der Waals surface area (Å²) >= 11 is 0. The van der Waals surface area contributed by atoms with Crippen molar-refractivity contribution in [1.29, 1.82) is 0 Å². The maximum atomic E-state index is 13.5. The van der Waals surface area contributed by atoms with Crippen LogP contribution in [0.2, 0.25) is 0 Å². The predicted molar refractivity (Wildman–Crippen MR) is 137 cm³/mol. The molecule has 37 heavy (non-hydrogen) atoms. The van der Waals surface area contributed by atoms with Crippen LogP contribution in [-0.4, -0.2) is 42.2 Å². The van der Waals surface area contributed by atoms with Gasteiger partial charge in [-0.25, -0.2) is 9.97 Å². The Hall–Kier alpha value is -4.18. The highest BCUT2D eigenvalue weighted by atomic mass is 19.4. The third-order valence-electron chi connectivity index (χ3n) is 6.30. The molecule has 0 bridgehead atoms. The molecule has 5 rings (SSSR count). The fraction of sp³-hybridized carbons (Fsp3) is 0.222. The van der Waals surface area contributed by atoms with Gasteiger partial charge >= 0.3 is 6.18 Å². The lowest BCUT2D eigenvalue weighted by molar-refractivity contribution is -0.137. The zero-order valence-corrected chi connectivity index (χ0v) is 20.0. The van der Waals surface area contributed by atoms with Crippen LogP contribution in [0.5, 0.6) is 0 Å². The average Bonchev–Trinajstić information content (AvgIpc) is 2.88. The van der Waals surface area contributed by atoms with Gasteiger partial charge in [-0.15, -0.1) is 0 Å². The molecule has 2 heterocycles. The van der Waals surface area contributed by atoms with Gasteiger partial charge in [0.25, 0.3) is 5.91 Å². The van der Waals surface area contributed by atoms with Crippen LogP contribution in [0.15, 0.2) is 60.7 Å². The number of hydrogen-bond donors (Lipinski definition) is 2. The number of aromatic nitrogens is 2. The molecule has 0 spiro atoms. The zero-order valence-electron chi connectivity index (χ0n) is 20.0. The third-order valence-corrected chi connectivity index (χ3v) is 6.30. The summed E-state index contributed by atoms with van der Waals surface area (Å²) in [7, 11) is 0. The fourth-order valence-electron chi connectivity index (χ4n) is 4.41. The van der Waals surface area contributed by atoms with Gasteiger partial charge in [0.05, 0.1) is 41.4 Å². The van der Waals surface area contributed by atoms with Gasteiger partial charge in [-0.2, -0.15) is 13.2 Å². The Morgan fingerprint density at radius 3 is 2.54 bits per heavy atom. The van der Waals surface area contributed by atoms with Crippen molar-refractivity contribution in [2.45, 2.75) is 13.1 Å². The van der Waals surface area contributed by atoms with Crippen molar-refractivity contribution >= 4 is 34.1 Å². The van der Waals surface area contributed by atoms with E-state index in [4.69, 9.17) is 10.5 Å². The number of anilines is 3. The van der Waals surface area contributed by atoms with Crippen LogP contribution < -0.4 is 16.0 Å². The first-order chi connectivity index (χ1) is 17.7. The van der Waals surface area contributed by atoms with Gasteiger partial charge in [-0.3, -0.25) is 4.79 Å². The van der Waals surface area contributed by atoms with Gasteiger partial charge in [-0.1, -0.05) is 24.3 Å². The fourth-order valence-corrected chi connectivity index (χ4v) is 4.41. The number of amides is 1. The highest BCUT2D eigenvalue weighted by molar-refractivity contribution is 6.07. The summed E-state index contributed by atoms with van der Waals surface area (Å²) in [5, 5.41) is 3.47. The number of para-hydroxylation sites is 1. The molecule has 1 amide bonds. The second kappa shape index (κ2) is 9.70. The number of aryl methyl sites for hydroxylation is 1. The largest absolute Gasteiger partial charge is 0.416 e. The molecular weight excluding hydrogens is 483 g/mol. The maximum Gasteiger partial charge on any atom is 0.416 e. The first-order valence-electron chi connectivity index (χ1n) is 11.7. The summed E-state index contributed by atoms with van der Waals surface area (Å²) in [6.07, 6.45) is -4.55. The van der Waals surface area contributed by atoms with E-state index >= 15 is 0 Å². The van der Waals surface area contributed by atoms with Crippen molar-refractivity contribution in [3.8, 4) is 11.3 Å². The van der Waals surface area contributed by atoms with Crippen LogP contribution in [0.3, 0.4) is 0 Å². The second-order valence-electron chi connectivity index (χ2n) is 8.76. The molecule has 4 aromatic rings. The molecular formula is C27H24F3N5O2. The van der Waals surface area contributed by atoms with Crippen LogP contribution in [0.25, 0.3) is 22.2 Å². The summed E-state index contributed by atoms with van der Waals surface area (Å²) in [5.41, 5.74) is 8.73. The van der Waals surface area contributed by atoms with Gasteiger partial charge in [0.2, 0.25) is 5.95 Å². The lowest BCUT2D eigenvalue weighted by Gasteiger charge is -2.31. The van der Waals surface area contributed by atoms with Gasteiger partial charge in [-0.05, 0) is 48.9 Å². The van der Waals surface area contributed by atoms with E-state index < -0.39 is 17.6 Å². The third kappa shape index (κ3) is 5.05. The Labute approximate surface area is 211 Å². The summed E-state index contributed by atoms with van der Waals surface area (Å²) in [4.78, 5) is 23.9. The quantitative estimate of drug-likeness (QED) is 0.390. The molecule has 1 fully saturated rings. The molecule has 1 aliphatic rings. The number of nitrogens with one attached hydrogen (secondary N) is 1. The SMILES string of the molecule is Cc1ccc(C(=O)Nc2cc(C(F)(F)F)ccc2N2CCOCC2)cc1-c1nc(N)nc2ccccc12. The average molecular weight is 508 g/mol. The van der Waals surface area contributed by atoms with Crippen molar-refractivity contribution in [3.63, 3.8) is 0 Å². The number of morpholine rings is 1. The van der Waals surface area contributed by atoms with E-state index in [1.54, 1.807) is 18.2 Å². The molecule has 1 saturated heterocycles. The number of fused-ring (bicyclic) bond motifs is 1. The number of ether oxygens (including phenoxy) is 1. The molecule has 0 saturated carbocycles. The van der Waals surface area contributed by atoms with Crippen molar-refractivity contribution in [2.24, 2.45) is 0 Å². The zero-order chi connectivity index (χ0) is 26.2. The van der Waals surface area contributed by atoms with Crippen LogP contribution >= 0.6 is 0 Å². The minimum Gasteiger partial charge on any atom is -0.378 e. The van der Waals surface area contributed by atoms with E-state index in [0.717, 1.165) is 23.1 Å². The lowest BCUT2D eigenvalue weighted by Crippen LogP contribution is -2.36. The number of nitrogen functional groups attached to an aromatic ring is 1. The maximum absolute atomic E-state index is 13.5. The molecule has 0 atom stereocenters. The molecule has 0 unspecified atom stereocenters. The van der Waals surface area contributed by atoms with E-state index in [2.05, 4.69) is 15.3 Å². The minimum atomic E-state index is -4.55. The van der Waals surface area contributed by atoms with Crippen molar-refractivity contribution in [1.82, 2.24) is 9.97 Å². The van der Waals surface area contributed by atoms with Crippen LogP contribution in [-0.2, 0) is 10.9 Å². The smallest absolute Gasteiger partial charge is 0.378 e. The molecule has 0 radical (unpaired) electrons. The first kappa shape index (κ1) is 24.5. The highest BCUT2D eigenvalue weighted by Gasteiger charge is 2.32. The Morgan fingerprint density at radius 2 is 1.78 bits per heavy atom. The molecule has 7 nitrogen and oxygen atoms in total. The van der Waals surface area contributed by atoms with Crippen molar-refractivity contribution in [3.05, 3.63) is 77.4 Å². The van der Waals surface area contributed by atoms with E-state index in [-0.39, 0.29) is 17.2 Å². The minimum absolute atomic E-state index is 0.0839. The number of rotatable bonds is 4. The number of benzene rings is 3. The first-order valence-corrected chi connectivity index (χ1v) is 11.7. The topological polar surface area (TPSA) is 93.4 Å². The van der Waals surface area contributed by atoms with E-state index in [1.807, 2.05) is 36.1 Å². The van der Waals surface area contributed by atoms with Crippen LogP contribution in [0.1, 0.15) is 21.5 Å². The Morgan fingerprint density at radius 1 is 1.03 bits per heavy atom.